The van der Waals surface area contributed by atoms with E-state index < -0.39 is 6.09 Å². The second-order valence-electron chi connectivity index (χ2n) is 3.50. The summed E-state index contributed by atoms with van der Waals surface area (Å²) in [5, 5.41) is 10.5. The van der Waals surface area contributed by atoms with Gasteiger partial charge in [-0.3, -0.25) is 0 Å². The van der Waals surface area contributed by atoms with Gasteiger partial charge in [0, 0.05) is 19.8 Å². The first-order valence-corrected chi connectivity index (χ1v) is 6.30. The molecule has 5 nitrogen and oxygen atoms in total. The third kappa shape index (κ3) is 15.8. The molecule has 2 aliphatic heterocycles. The molecule has 0 saturated carbocycles. The van der Waals surface area contributed by atoms with Crippen molar-refractivity contribution in [3.8, 4) is 0 Å². The van der Waals surface area contributed by atoms with Crippen molar-refractivity contribution in [2.24, 2.45) is 0 Å². The van der Waals surface area contributed by atoms with Gasteiger partial charge in [-0.2, -0.15) is 6.42 Å². The van der Waals surface area contributed by atoms with Crippen molar-refractivity contribution in [2.45, 2.75) is 45.6 Å². The summed E-state index contributed by atoms with van der Waals surface area (Å²) in [4.78, 5) is 9.99. The van der Waals surface area contributed by atoms with Crippen LogP contribution in [-0.4, -0.2) is 37.1 Å². The van der Waals surface area contributed by atoms with Gasteiger partial charge in [-0.05, 0) is 12.8 Å². The fraction of sp³-hybridized carbons (Fsp3) is 0.769. The monoisotopic (exact) mass is 445 g/mol. The Morgan fingerprint density at radius 3 is 2.37 bits per heavy atom. The van der Waals surface area contributed by atoms with Crippen LogP contribution in [0, 0.1) is 14.0 Å². The largest absolute Gasteiger partial charge is 2.00 e. The molecule has 0 aromatic carbocycles. The molecule has 0 aliphatic carbocycles. The minimum atomic E-state index is -0.976. The number of hydrogen-bond donors (Lipinski definition) is 2. The maximum Gasteiger partial charge on any atom is 2.00 e. The van der Waals surface area contributed by atoms with Gasteiger partial charge < -0.3 is 27.3 Å². The standard InChI is InChI=1S/C6H11NO3.C4H7O.C2H6.CH3.W/c8-6(9)7-4-5-2-1-3-10-5;1-2-4-5-3-1;1-2;;/h5,7H,1-4H2,(H,8,9);3H,1-2,4H2;1-2H3;1H3;/q;-1;;-1;+2. The minimum absolute atomic E-state index is 0. The molecule has 0 bridgehead atoms. The predicted octanol–water partition coefficient (Wildman–Crippen LogP) is 2.87. The molecule has 2 N–H and O–H groups in total. The van der Waals surface area contributed by atoms with Crippen LogP contribution in [0.3, 0.4) is 0 Å². The SMILES string of the molecule is CC.O=C(O)NCC1CCCO1.[CH-]1CCCO1.[CH3-].[W+2]. The van der Waals surface area contributed by atoms with E-state index in [2.05, 4.69) is 5.32 Å². The molecule has 2 fully saturated rings. The van der Waals surface area contributed by atoms with Gasteiger partial charge in [0.05, 0.1) is 6.10 Å². The number of amides is 1. The van der Waals surface area contributed by atoms with E-state index in [1.807, 2.05) is 20.5 Å². The van der Waals surface area contributed by atoms with Crippen LogP contribution in [0.4, 0.5) is 4.79 Å². The third-order valence-electron chi connectivity index (χ3n) is 2.21. The quantitative estimate of drug-likeness (QED) is 0.642. The summed E-state index contributed by atoms with van der Waals surface area (Å²) in [6.07, 6.45) is 3.53. The number of hydrogen-bond acceptors (Lipinski definition) is 3. The fourth-order valence-electron chi connectivity index (χ4n) is 1.42. The molecule has 2 rings (SSSR count). The van der Waals surface area contributed by atoms with Crippen molar-refractivity contribution in [3.63, 3.8) is 0 Å². The first-order valence-electron chi connectivity index (χ1n) is 6.30. The maximum absolute atomic E-state index is 9.99. The van der Waals surface area contributed by atoms with E-state index in [0.29, 0.717) is 6.54 Å². The van der Waals surface area contributed by atoms with Crippen LogP contribution >= 0.6 is 0 Å². The molecule has 114 valence electrons. The summed E-state index contributed by atoms with van der Waals surface area (Å²) >= 11 is 0. The number of ether oxygens (including phenoxy) is 2. The Kier molecular flexibility index (Phi) is 22.5. The zero-order valence-electron chi connectivity index (χ0n) is 12.2. The summed E-state index contributed by atoms with van der Waals surface area (Å²) < 4.78 is 10.00. The Labute approximate surface area is 131 Å². The van der Waals surface area contributed by atoms with Crippen LogP contribution in [0.1, 0.15) is 39.5 Å². The van der Waals surface area contributed by atoms with Crippen molar-refractivity contribution < 1.29 is 40.4 Å². The van der Waals surface area contributed by atoms with Gasteiger partial charge in [0.25, 0.3) is 0 Å². The molecule has 6 heteroatoms. The number of carboxylic acid groups (broad SMARTS) is 1. The third-order valence-corrected chi connectivity index (χ3v) is 2.21. The van der Waals surface area contributed by atoms with Crippen molar-refractivity contribution in [1.82, 2.24) is 5.32 Å². The Hall–Kier alpha value is -0.122. The van der Waals surface area contributed by atoms with Gasteiger partial charge in [-0.25, -0.2) is 11.4 Å². The molecule has 19 heavy (non-hydrogen) atoms. The smallest absolute Gasteiger partial charge is 0.552 e. The summed E-state index contributed by atoms with van der Waals surface area (Å²) in [7, 11) is 0. The average Bonchev–Trinajstić information content (AvgIpc) is 3.05. The molecule has 0 spiro atoms. The molecule has 2 aliphatic rings. The summed E-state index contributed by atoms with van der Waals surface area (Å²) in [5.41, 5.74) is 0. The van der Waals surface area contributed by atoms with E-state index >= 15 is 0 Å². The number of rotatable bonds is 2. The van der Waals surface area contributed by atoms with Crippen molar-refractivity contribution in [3.05, 3.63) is 14.0 Å². The van der Waals surface area contributed by atoms with Gasteiger partial charge in [-0.15, -0.1) is 0 Å². The fourth-order valence-corrected chi connectivity index (χ4v) is 1.42. The molecule has 0 radical (unpaired) electrons. The van der Waals surface area contributed by atoms with Crippen molar-refractivity contribution in [1.29, 1.82) is 0 Å². The van der Waals surface area contributed by atoms with Gasteiger partial charge >= 0.3 is 27.2 Å². The number of nitrogens with one attached hydrogen (secondary N) is 1. The zero-order valence-corrected chi connectivity index (χ0v) is 15.1. The van der Waals surface area contributed by atoms with E-state index in [4.69, 9.17) is 14.6 Å². The van der Waals surface area contributed by atoms with Crippen molar-refractivity contribution in [2.75, 3.05) is 19.8 Å². The topological polar surface area (TPSA) is 67.8 Å². The van der Waals surface area contributed by atoms with Gasteiger partial charge in [0.15, 0.2) is 0 Å². The van der Waals surface area contributed by atoms with Crippen LogP contribution in [0.5, 0.6) is 0 Å². The van der Waals surface area contributed by atoms with E-state index in [0.717, 1.165) is 32.5 Å². The maximum atomic E-state index is 9.99. The van der Waals surface area contributed by atoms with Gasteiger partial charge in [0.2, 0.25) is 0 Å². The molecular weight excluding hydrogens is 418 g/mol. The Morgan fingerprint density at radius 2 is 2.05 bits per heavy atom. The van der Waals surface area contributed by atoms with Crippen LogP contribution in [0.2, 0.25) is 0 Å². The van der Waals surface area contributed by atoms with E-state index in [-0.39, 0.29) is 34.6 Å². The van der Waals surface area contributed by atoms with E-state index in [1.54, 1.807) is 0 Å². The summed E-state index contributed by atoms with van der Waals surface area (Å²) in [5.74, 6) is 0. The average molecular weight is 445 g/mol. The predicted molar refractivity (Wildman–Crippen MR) is 72.2 cm³/mol. The Morgan fingerprint density at radius 1 is 1.37 bits per heavy atom. The van der Waals surface area contributed by atoms with Crippen LogP contribution in [0.15, 0.2) is 0 Å². The first kappa shape index (κ1) is 23.9. The number of carbonyl (C=O) groups is 1. The van der Waals surface area contributed by atoms with Crippen LogP contribution in [0.25, 0.3) is 0 Å². The molecule has 0 aromatic rings. The second kappa shape index (κ2) is 17.9. The molecular formula is C13H27NO4W. The molecule has 2 heterocycles. The molecule has 1 unspecified atom stereocenters. The zero-order chi connectivity index (χ0) is 12.9. The normalized spacial score (nSPS) is 19.6. The second-order valence-corrected chi connectivity index (χ2v) is 3.50. The molecule has 1 atom stereocenters. The molecule has 0 aromatic heterocycles. The van der Waals surface area contributed by atoms with Crippen molar-refractivity contribution >= 4 is 6.09 Å². The van der Waals surface area contributed by atoms with E-state index in [1.165, 1.54) is 6.42 Å². The summed E-state index contributed by atoms with van der Waals surface area (Å²) in [6, 6.07) is 0. The first-order chi connectivity index (χ1) is 8.29. The minimum Gasteiger partial charge on any atom is -0.552 e. The molecule has 2 saturated heterocycles. The van der Waals surface area contributed by atoms with Crippen LogP contribution in [-0.2, 0) is 30.5 Å². The Balaban J connectivity index is -0.000000244. The molecule has 1 amide bonds. The van der Waals surface area contributed by atoms with E-state index in [9.17, 15) is 4.79 Å². The van der Waals surface area contributed by atoms with Gasteiger partial charge in [-0.1, -0.05) is 20.3 Å². The Bertz CT molecular complexity index is 176. The van der Waals surface area contributed by atoms with Gasteiger partial charge in [0.1, 0.15) is 0 Å². The summed E-state index contributed by atoms with van der Waals surface area (Å²) in [6.45, 7) is 8.00. The van der Waals surface area contributed by atoms with Crippen LogP contribution < -0.4 is 5.32 Å².